The summed E-state index contributed by atoms with van der Waals surface area (Å²) in [5.74, 6) is 1.05. The molecule has 0 aliphatic heterocycles. The Morgan fingerprint density at radius 2 is 1.89 bits per heavy atom. The van der Waals surface area contributed by atoms with Crippen LogP contribution in [0.15, 0.2) is 0 Å². The fraction of sp³-hybridized carbons (Fsp3) is 0.750. The van der Waals surface area contributed by atoms with Crippen molar-refractivity contribution >= 4 is 11.9 Å². The van der Waals surface area contributed by atoms with Gasteiger partial charge in [0.15, 0.2) is 0 Å². The molecule has 2 rings (SSSR count). The minimum atomic E-state index is 0.222. The number of hydrogen-bond donors (Lipinski definition) is 2. The van der Waals surface area contributed by atoms with Crippen molar-refractivity contribution < 1.29 is 4.74 Å². The van der Waals surface area contributed by atoms with Crippen LogP contribution in [0.5, 0.6) is 6.01 Å². The van der Waals surface area contributed by atoms with Gasteiger partial charge in [-0.1, -0.05) is 0 Å². The molecule has 0 saturated heterocycles. The monoisotopic (exact) mass is 266 g/mol. The van der Waals surface area contributed by atoms with E-state index in [0.29, 0.717) is 17.9 Å². The van der Waals surface area contributed by atoms with Gasteiger partial charge in [0, 0.05) is 19.1 Å². The van der Waals surface area contributed by atoms with E-state index in [1.165, 1.54) is 19.3 Å². The van der Waals surface area contributed by atoms with Crippen LogP contribution in [0.25, 0.3) is 0 Å². The molecule has 0 aromatic carbocycles. The van der Waals surface area contributed by atoms with Gasteiger partial charge >= 0.3 is 6.01 Å². The Labute approximate surface area is 113 Å². The fourth-order valence-electron chi connectivity index (χ4n) is 2.25. The summed E-state index contributed by atoms with van der Waals surface area (Å²) in [6, 6.07) is 0.314. The molecule has 1 aliphatic rings. The van der Waals surface area contributed by atoms with Gasteiger partial charge in [0.1, 0.15) is 0 Å². The van der Waals surface area contributed by atoms with Crippen LogP contribution in [0.3, 0.4) is 0 Å². The van der Waals surface area contributed by atoms with Gasteiger partial charge in [-0.3, -0.25) is 0 Å². The second kappa shape index (κ2) is 5.56. The predicted molar refractivity (Wildman–Crippen MR) is 74.7 cm³/mol. The molecule has 0 spiro atoms. The summed E-state index contributed by atoms with van der Waals surface area (Å²) in [5, 5.41) is 6.19. The number of likely N-dealkylation sites (N-methyl/N-ethyl adjacent to an activating group) is 1. The summed E-state index contributed by atoms with van der Waals surface area (Å²) in [4.78, 5) is 14.8. The quantitative estimate of drug-likeness (QED) is 0.789. The molecule has 1 heterocycles. The van der Waals surface area contributed by atoms with Gasteiger partial charge in [0.25, 0.3) is 0 Å². The molecule has 0 bridgehead atoms. The summed E-state index contributed by atoms with van der Waals surface area (Å²) in [6.07, 6.45) is 3.68. The van der Waals surface area contributed by atoms with Crippen molar-refractivity contribution in [3.05, 3.63) is 0 Å². The van der Waals surface area contributed by atoms with Crippen LogP contribution in [0.1, 0.15) is 19.3 Å². The number of ether oxygens (including phenoxy) is 1. The first kappa shape index (κ1) is 13.8. The summed E-state index contributed by atoms with van der Waals surface area (Å²) in [7, 11) is 7.55. The standard InChI is InChI=1S/C12H22N6O/c1-13-9-15-10(17-11(16-9)19-4)14-8-12(18(2)3)6-5-7-12/h5-8H2,1-4H3,(H2,13,14,15,16,17). The molecule has 0 amide bonds. The minimum absolute atomic E-state index is 0.222. The normalized spacial score (nSPS) is 16.9. The van der Waals surface area contributed by atoms with Crippen molar-refractivity contribution in [3.63, 3.8) is 0 Å². The van der Waals surface area contributed by atoms with Crippen molar-refractivity contribution in [1.82, 2.24) is 19.9 Å². The van der Waals surface area contributed by atoms with Crippen molar-refractivity contribution in [2.45, 2.75) is 24.8 Å². The average molecular weight is 266 g/mol. The van der Waals surface area contributed by atoms with Gasteiger partial charge in [-0.15, -0.1) is 0 Å². The van der Waals surface area contributed by atoms with Crippen LogP contribution in [0, 0.1) is 0 Å². The topological polar surface area (TPSA) is 75.2 Å². The molecule has 1 aliphatic carbocycles. The second-order valence-corrected chi connectivity index (χ2v) is 5.05. The lowest BCUT2D eigenvalue weighted by molar-refractivity contribution is 0.0737. The van der Waals surface area contributed by atoms with Crippen LogP contribution in [0.4, 0.5) is 11.9 Å². The number of aromatic nitrogens is 3. The molecule has 1 aromatic rings. The molecule has 0 radical (unpaired) electrons. The van der Waals surface area contributed by atoms with E-state index in [2.05, 4.69) is 44.6 Å². The minimum Gasteiger partial charge on any atom is -0.467 e. The molecule has 1 fully saturated rings. The highest BCUT2D eigenvalue weighted by molar-refractivity contribution is 5.36. The zero-order valence-electron chi connectivity index (χ0n) is 12.0. The fourth-order valence-corrected chi connectivity index (χ4v) is 2.25. The Morgan fingerprint density at radius 1 is 1.21 bits per heavy atom. The van der Waals surface area contributed by atoms with E-state index < -0.39 is 0 Å². The number of nitrogens with zero attached hydrogens (tertiary/aromatic N) is 4. The van der Waals surface area contributed by atoms with Crippen molar-refractivity contribution in [3.8, 4) is 6.01 Å². The van der Waals surface area contributed by atoms with E-state index in [1.54, 1.807) is 14.2 Å². The Kier molecular flexibility index (Phi) is 4.04. The van der Waals surface area contributed by atoms with Crippen molar-refractivity contribution in [1.29, 1.82) is 0 Å². The molecule has 106 valence electrons. The van der Waals surface area contributed by atoms with Gasteiger partial charge in [-0.05, 0) is 33.4 Å². The lowest BCUT2D eigenvalue weighted by Gasteiger charge is -2.47. The Bertz CT molecular complexity index is 410. The van der Waals surface area contributed by atoms with E-state index in [1.807, 2.05) is 0 Å². The number of nitrogens with one attached hydrogen (secondary N) is 2. The lowest BCUT2D eigenvalue weighted by Crippen LogP contribution is -2.54. The summed E-state index contributed by atoms with van der Waals surface area (Å²) >= 11 is 0. The first-order valence-electron chi connectivity index (χ1n) is 6.49. The molecular weight excluding hydrogens is 244 g/mol. The highest BCUT2D eigenvalue weighted by atomic mass is 16.5. The number of rotatable bonds is 6. The van der Waals surface area contributed by atoms with Crippen LogP contribution < -0.4 is 15.4 Å². The zero-order chi connectivity index (χ0) is 13.9. The van der Waals surface area contributed by atoms with E-state index in [0.717, 1.165) is 6.54 Å². The first-order valence-corrected chi connectivity index (χ1v) is 6.49. The van der Waals surface area contributed by atoms with Gasteiger partial charge in [0.2, 0.25) is 11.9 Å². The third-order valence-electron chi connectivity index (χ3n) is 3.83. The molecule has 2 N–H and O–H groups in total. The summed E-state index contributed by atoms with van der Waals surface area (Å²) < 4.78 is 5.06. The highest BCUT2D eigenvalue weighted by Crippen LogP contribution is 2.36. The lowest BCUT2D eigenvalue weighted by atomic mass is 9.75. The SMILES string of the molecule is CNc1nc(NCC2(N(C)C)CCC2)nc(OC)n1. The molecular formula is C12H22N6O. The molecule has 0 unspecified atom stereocenters. The third kappa shape index (κ3) is 2.86. The Hall–Kier alpha value is -1.63. The van der Waals surface area contributed by atoms with Gasteiger partial charge in [-0.25, -0.2) is 0 Å². The van der Waals surface area contributed by atoms with Crippen molar-refractivity contribution in [2.75, 3.05) is 45.4 Å². The second-order valence-electron chi connectivity index (χ2n) is 5.05. The van der Waals surface area contributed by atoms with E-state index in [9.17, 15) is 0 Å². The predicted octanol–water partition coefficient (Wildman–Crippen LogP) is 0.818. The molecule has 19 heavy (non-hydrogen) atoms. The number of anilines is 2. The van der Waals surface area contributed by atoms with E-state index >= 15 is 0 Å². The molecule has 1 aromatic heterocycles. The first-order chi connectivity index (χ1) is 9.09. The Balaban J connectivity index is 2.06. The maximum absolute atomic E-state index is 5.06. The largest absolute Gasteiger partial charge is 0.467 e. The highest BCUT2D eigenvalue weighted by Gasteiger charge is 2.38. The van der Waals surface area contributed by atoms with Crippen LogP contribution in [-0.4, -0.2) is 60.2 Å². The zero-order valence-corrected chi connectivity index (χ0v) is 12.0. The van der Waals surface area contributed by atoms with Crippen LogP contribution >= 0.6 is 0 Å². The van der Waals surface area contributed by atoms with Gasteiger partial charge in [-0.2, -0.15) is 15.0 Å². The Morgan fingerprint density at radius 3 is 2.37 bits per heavy atom. The third-order valence-corrected chi connectivity index (χ3v) is 3.83. The average Bonchev–Trinajstić information content (AvgIpc) is 2.36. The van der Waals surface area contributed by atoms with Crippen LogP contribution in [0.2, 0.25) is 0 Å². The smallest absolute Gasteiger partial charge is 0.322 e. The van der Waals surface area contributed by atoms with Gasteiger partial charge in [0.05, 0.1) is 7.11 Å². The van der Waals surface area contributed by atoms with Gasteiger partial charge < -0.3 is 20.3 Å². The molecule has 7 heteroatoms. The number of methoxy groups -OCH3 is 1. The van der Waals surface area contributed by atoms with E-state index in [-0.39, 0.29) is 5.54 Å². The molecule has 0 atom stereocenters. The molecule has 7 nitrogen and oxygen atoms in total. The number of hydrogen-bond acceptors (Lipinski definition) is 7. The van der Waals surface area contributed by atoms with Crippen molar-refractivity contribution in [2.24, 2.45) is 0 Å². The molecule has 1 saturated carbocycles. The summed E-state index contributed by atoms with van der Waals surface area (Å²) in [6.45, 7) is 0.830. The van der Waals surface area contributed by atoms with Crippen LogP contribution in [-0.2, 0) is 0 Å². The summed E-state index contributed by atoms with van der Waals surface area (Å²) in [5.41, 5.74) is 0.222. The maximum Gasteiger partial charge on any atom is 0.322 e. The van der Waals surface area contributed by atoms with E-state index in [4.69, 9.17) is 4.74 Å². The maximum atomic E-state index is 5.06.